The van der Waals surface area contributed by atoms with Gasteiger partial charge in [0.25, 0.3) is 0 Å². The molecule has 86 valence electrons. The minimum absolute atomic E-state index is 0.0587. The summed E-state index contributed by atoms with van der Waals surface area (Å²) >= 11 is 2.34. The molecule has 0 aromatic heterocycles. The SMILES string of the molecule is CCOC(=O)C12CC(CI)(C1)OC2(C)C. The Morgan fingerprint density at radius 3 is 2.47 bits per heavy atom. The van der Waals surface area contributed by atoms with Crippen LogP contribution in [0.25, 0.3) is 0 Å². The van der Waals surface area contributed by atoms with Gasteiger partial charge in [0.2, 0.25) is 0 Å². The van der Waals surface area contributed by atoms with E-state index in [9.17, 15) is 4.79 Å². The monoisotopic (exact) mass is 324 g/mol. The quantitative estimate of drug-likeness (QED) is 0.454. The summed E-state index contributed by atoms with van der Waals surface area (Å²) < 4.78 is 12.1. The molecule has 2 heterocycles. The van der Waals surface area contributed by atoms with Gasteiger partial charge in [-0.25, -0.2) is 0 Å². The number of fused-ring (bicyclic) bond motifs is 1. The summed E-state index contributed by atoms with van der Waals surface area (Å²) in [4.78, 5) is 12.0. The van der Waals surface area contributed by atoms with Crippen molar-refractivity contribution in [2.24, 2.45) is 5.41 Å². The predicted octanol–water partition coefficient (Wildman–Crippen LogP) is 2.31. The molecule has 2 bridgehead atoms. The number of hydrogen-bond donors (Lipinski definition) is 0. The molecule has 0 spiro atoms. The average Bonchev–Trinajstić information content (AvgIpc) is 2.46. The van der Waals surface area contributed by atoms with Crippen LogP contribution < -0.4 is 0 Å². The third kappa shape index (κ3) is 1.37. The summed E-state index contributed by atoms with van der Waals surface area (Å²) in [7, 11) is 0. The first-order valence-electron chi connectivity index (χ1n) is 5.35. The minimum Gasteiger partial charge on any atom is -0.465 e. The van der Waals surface area contributed by atoms with Gasteiger partial charge in [0.15, 0.2) is 0 Å². The largest absolute Gasteiger partial charge is 0.465 e. The molecule has 15 heavy (non-hydrogen) atoms. The van der Waals surface area contributed by atoms with Gasteiger partial charge in [-0.1, -0.05) is 22.6 Å². The second-order valence-electron chi connectivity index (χ2n) is 5.09. The van der Waals surface area contributed by atoms with E-state index in [0.717, 1.165) is 17.3 Å². The summed E-state index contributed by atoms with van der Waals surface area (Å²) in [5, 5.41) is 0. The maximum atomic E-state index is 12.0. The van der Waals surface area contributed by atoms with E-state index in [0.29, 0.717) is 6.61 Å². The predicted molar refractivity (Wildman–Crippen MR) is 65.1 cm³/mol. The lowest BCUT2D eigenvalue weighted by Gasteiger charge is -2.43. The van der Waals surface area contributed by atoms with Gasteiger partial charge in [0, 0.05) is 4.43 Å². The van der Waals surface area contributed by atoms with Crippen LogP contribution in [0, 0.1) is 5.41 Å². The normalized spacial score (nSPS) is 41.1. The summed E-state index contributed by atoms with van der Waals surface area (Å²) in [5.41, 5.74) is -0.810. The second-order valence-corrected chi connectivity index (χ2v) is 5.85. The van der Waals surface area contributed by atoms with Crippen LogP contribution in [0.2, 0.25) is 0 Å². The first-order valence-corrected chi connectivity index (χ1v) is 6.87. The highest BCUT2D eigenvalue weighted by Gasteiger charge is 2.75. The molecule has 0 atom stereocenters. The van der Waals surface area contributed by atoms with E-state index in [1.807, 2.05) is 20.8 Å². The number of esters is 1. The molecule has 0 unspecified atom stereocenters. The van der Waals surface area contributed by atoms with E-state index >= 15 is 0 Å². The molecule has 3 nitrogen and oxygen atoms in total. The van der Waals surface area contributed by atoms with Crippen LogP contribution in [-0.4, -0.2) is 28.2 Å². The Kier molecular flexibility index (Phi) is 2.58. The Labute approximate surface area is 104 Å². The van der Waals surface area contributed by atoms with Crippen LogP contribution in [0.1, 0.15) is 33.6 Å². The van der Waals surface area contributed by atoms with Crippen molar-refractivity contribution in [3.63, 3.8) is 0 Å². The summed E-state index contributed by atoms with van der Waals surface area (Å²) in [5.74, 6) is -0.0759. The van der Waals surface area contributed by atoms with Gasteiger partial charge in [0.1, 0.15) is 5.41 Å². The van der Waals surface area contributed by atoms with E-state index in [-0.39, 0.29) is 22.6 Å². The molecule has 1 aliphatic carbocycles. The van der Waals surface area contributed by atoms with Crippen molar-refractivity contribution in [2.75, 3.05) is 11.0 Å². The number of alkyl halides is 1. The Bertz CT molecular complexity index is 292. The molecule has 0 amide bonds. The standard InChI is InChI=1S/C11H17IO3/c1-4-14-8(13)11-5-10(6-11,7-12)15-9(11,2)3/h4-7H2,1-3H3. The molecule has 1 saturated carbocycles. The maximum Gasteiger partial charge on any atom is 0.315 e. The summed E-state index contributed by atoms with van der Waals surface area (Å²) in [6.45, 7) is 6.31. The first-order chi connectivity index (χ1) is 6.91. The zero-order chi connectivity index (χ0) is 11.3. The highest BCUT2D eigenvalue weighted by molar-refractivity contribution is 14.1. The molecule has 0 N–H and O–H groups in total. The van der Waals surface area contributed by atoms with E-state index in [2.05, 4.69) is 22.6 Å². The zero-order valence-corrected chi connectivity index (χ0v) is 11.6. The number of hydrogen-bond acceptors (Lipinski definition) is 3. The van der Waals surface area contributed by atoms with Gasteiger partial charge in [-0.15, -0.1) is 0 Å². The van der Waals surface area contributed by atoms with Crippen molar-refractivity contribution < 1.29 is 14.3 Å². The van der Waals surface area contributed by atoms with Gasteiger partial charge < -0.3 is 9.47 Å². The second kappa shape index (κ2) is 3.32. The number of carbonyl (C=O) groups is 1. The molecule has 3 rings (SSSR count). The van der Waals surface area contributed by atoms with Crippen LogP contribution in [0.15, 0.2) is 0 Å². The average molecular weight is 324 g/mol. The maximum absolute atomic E-state index is 12.0. The number of rotatable bonds is 3. The number of carbonyl (C=O) groups excluding carboxylic acids is 1. The van der Waals surface area contributed by atoms with Crippen molar-refractivity contribution in [3.8, 4) is 0 Å². The van der Waals surface area contributed by atoms with E-state index in [4.69, 9.17) is 9.47 Å². The zero-order valence-electron chi connectivity index (χ0n) is 9.43. The van der Waals surface area contributed by atoms with Crippen LogP contribution in [0.5, 0.6) is 0 Å². The van der Waals surface area contributed by atoms with Crippen molar-refractivity contribution in [2.45, 2.75) is 44.8 Å². The summed E-state index contributed by atoms with van der Waals surface area (Å²) in [6.07, 6.45) is 1.66. The molecule has 3 aliphatic rings. The Hall–Kier alpha value is 0.160. The van der Waals surface area contributed by atoms with E-state index in [1.54, 1.807) is 0 Å². The molecule has 2 saturated heterocycles. The van der Waals surface area contributed by atoms with Crippen LogP contribution in [-0.2, 0) is 14.3 Å². The van der Waals surface area contributed by atoms with Gasteiger partial charge in [-0.05, 0) is 33.6 Å². The van der Waals surface area contributed by atoms with Crippen LogP contribution in [0.3, 0.4) is 0 Å². The molecule has 3 fully saturated rings. The molecular weight excluding hydrogens is 307 g/mol. The van der Waals surface area contributed by atoms with Gasteiger partial charge in [-0.3, -0.25) is 4.79 Å². The topological polar surface area (TPSA) is 35.5 Å². The fraction of sp³-hybridized carbons (Fsp3) is 0.909. The molecule has 0 aromatic carbocycles. The lowest BCUT2D eigenvalue weighted by atomic mass is 9.57. The van der Waals surface area contributed by atoms with Gasteiger partial charge in [0.05, 0.1) is 17.8 Å². The fourth-order valence-electron chi connectivity index (χ4n) is 2.97. The van der Waals surface area contributed by atoms with Crippen molar-refractivity contribution in [1.29, 1.82) is 0 Å². The van der Waals surface area contributed by atoms with Crippen molar-refractivity contribution in [3.05, 3.63) is 0 Å². The molecule has 0 radical (unpaired) electrons. The molecule has 2 aliphatic heterocycles. The van der Waals surface area contributed by atoms with Crippen LogP contribution in [0.4, 0.5) is 0 Å². The number of halogens is 1. The minimum atomic E-state index is -0.381. The van der Waals surface area contributed by atoms with Crippen molar-refractivity contribution >= 4 is 28.6 Å². The van der Waals surface area contributed by atoms with Gasteiger partial charge in [-0.2, -0.15) is 0 Å². The fourth-order valence-corrected chi connectivity index (χ4v) is 3.66. The lowest BCUT2D eigenvalue weighted by Crippen LogP contribution is -2.54. The molecular formula is C11H17IO3. The van der Waals surface area contributed by atoms with E-state index in [1.165, 1.54) is 0 Å². The highest BCUT2D eigenvalue weighted by atomic mass is 127. The lowest BCUT2D eigenvalue weighted by molar-refractivity contribution is -0.163. The third-order valence-corrected chi connectivity index (χ3v) is 5.17. The third-order valence-electron chi connectivity index (χ3n) is 3.78. The smallest absolute Gasteiger partial charge is 0.315 e. The Balaban J connectivity index is 2.22. The molecule has 4 heteroatoms. The number of ether oxygens (including phenoxy) is 2. The molecule has 0 aromatic rings. The Morgan fingerprint density at radius 1 is 1.47 bits per heavy atom. The summed E-state index contributed by atoms with van der Waals surface area (Å²) in [6, 6.07) is 0. The van der Waals surface area contributed by atoms with Crippen LogP contribution >= 0.6 is 22.6 Å². The highest BCUT2D eigenvalue weighted by Crippen LogP contribution is 2.67. The Morgan fingerprint density at radius 2 is 2.07 bits per heavy atom. The first kappa shape index (κ1) is 11.6. The van der Waals surface area contributed by atoms with Crippen molar-refractivity contribution in [1.82, 2.24) is 0 Å². The van der Waals surface area contributed by atoms with Gasteiger partial charge >= 0.3 is 5.97 Å². The van der Waals surface area contributed by atoms with E-state index < -0.39 is 0 Å².